The SMILES string of the molecule is CCCCCCOCCOCCOCCOCCOCCOCCN(C)C. The third-order valence-corrected chi connectivity index (χ3v) is 3.69. The fraction of sp³-hybridized carbons (Fsp3) is 1.00. The fourth-order valence-electron chi connectivity index (χ4n) is 2.08. The zero-order valence-electron chi connectivity index (χ0n) is 17.9. The van der Waals surface area contributed by atoms with Gasteiger partial charge in [-0.3, -0.25) is 0 Å². The van der Waals surface area contributed by atoms with Gasteiger partial charge in [0, 0.05) is 13.2 Å². The summed E-state index contributed by atoms with van der Waals surface area (Å²) in [5.41, 5.74) is 0. The van der Waals surface area contributed by atoms with Gasteiger partial charge in [0.25, 0.3) is 0 Å². The zero-order chi connectivity index (χ0) is 19.8. The van der Waals surface area contributed by atoms with E-state index in [-0.39, 0.29) is 0 Å². The number of ether oxygens (including phenoxy) is 6. The number of likely N-dealkylation sites (N-methyl/N-ethyl adjacent to an activating group) is 1. The van der Waals surface area contributed by atoms with Crippen LogP contribution in [-0.4, -0.2) is 105 Å². The molecule has 0 unspecified atom stereocenters. The van der Waals surface area contributed by atoms with E-state index in [0.717, 1.165) is 26.2 Å². The Balaban J connectivity index is 2.97. The van der Waals surface area contributed by atoms with Gasteiger partial charge < -0.3 is 33.3 Å². The van der Waals surface area contributed by atoms with Gasteiger partial charge in [-0.05, 0) is 20.5 Å². The van der Waals surface area contributed by atoms with Gasteiger partial charge in [-0.1, -0.05) is 26.2 Å². The second-order valence-corrected chi connectivity index (χ2v) is 6.54. The van der Waals surface area contributed by atoms with E-state index in [1.54, 1.807) is 0 Å². The highest BCUT2D eigenvalue weighted by Gasteiger charge is 1.95. The van der Waals surface area contributed by atoms with Crippen LogP contribution >= 0.6 is 0 Å². The van der Waals surface area contributed by atoms with E-state index < -0.39 is 0 Å². The smallest absolute Gasteiger partial charge is 0.0701 e. The van der Waals surface area contributed by atoms with Gasteiger partial charge in [-0.15, -0.1) is 0 Å². The molecule has 7 nitrogen and oxygen atoms in total. The minimum atomic E-state index is 0.573. The minimum absolute atomic E-state index is 0.573. The minimum Gasteiger partial charge on any atom is -0.379 e. The molecule has 0 atom stereocenters. The number of nitrogens with zero attached hydrogens (tertiary/aromatic N) is 1. The molecule has 0 saturated carbocycles. The van der Waals surface area contributed by atoms with Crippen LogP contribution in [0.3, 0.4) is 0 Å². The van der Waals surface area contributed by atoms with Gasteiger partial charge in [0.05, 0.1) is 72.7 Å². The Labute approximate surface area is 166 Å². The van der Waals surface area contributed by atoms with Gasteiger partial charge in [0.15, 0.2) is 0 Å². The largest absolute Gasteiger partial charge is 0.379 e. The summed E-state index contributed by atoms with van der Waals surface area (Å²) >= 11 is 0. The molecule has 0 aliphatic heterocycles. The number of unbranched alkanes of at least 4 members (excludes halogenated alkanes) is 3. The molecule has 0 aromatic carbocycles. The maximum atomic E-state index is 5.50. The van der Waals surface area contributed by atoms with Crippen molar-refractivity contribution in [2.24, 2.45) is 0 Å². The Hall–Kier alpha value is -0.280. The topological polar surface area (TPSA) is 58.6 Å². The lowest BCUT2D eigenvalue weighted by Gasteiger charge is -2.10. The first-order valence-electron chi connectivity index (χ1n) is 10.4. The van der Waals surface area contributed by atoms with E-state index >= 15 is 0 Å². The van der Waals surface area contributed by atoms with Crippen molar-refractivity contribution in [3.63, 3.8) is 0 Å². The summed E-state index contributed by atoms with van der Waals surface area (Å²) in [6.07, 6.45) is 4.95. The van der Waals surface area contributed by atoms with Gasteiger partial charge in [0.1, 0.15) is 0 Å². The molecule has 0 radical (unpaired) electrons. The van der Waals surface area contributed by atoms with Crippen LogP contribution in [0, 0.1) is 0 Å². The molecule has 0 N–H and O–H groups in total. The molecule has 0 aliphatic carbocycles. The first kappa shape index (κ1) is 26.7. The predicted molar refractivity (Wildman–Crippen MR) is 108 cm³/mol. The Morgan fingerprint density at radius 1 is 0.444 bits per heavy atom. The fourth-order valence-corrected chi connectivity index (χ4v) is 2.08. The predicted octanol–water partition coefficient (Wildman–Crippen LogP) is 2.23. The van der Waals surface area contributed by atoms with Gasteiger partial charge >= 0.3 is 0 Å². The summed E-state index contributed by atoms with van der Waals surface area (Å²) in [6.45, 7) is 10.7. The van der Waals surface area contributed by atoms with E-state index in [1.807, 2.05) is 14.1 Å². The van der Waals surface area contributed by atoms with Crippen molar-refractivity contribution in [2.75, 3.05) is 99.9 Å². The standard InChI is InChI=1S/C20H43NO6/c1-4-5-6-7-9-22-11-13-24-15-17-26-19-20-27-18-16-25-14-12-23-10-8-21(2)3/h4-20H2,1-3H3. The summed E-state index contributed by atoms with van der Waals surface area (Å²) < 4.78 is 32.7. The van der Waals surface area contributed by atoms with Gasteiger partial charge in [-0.2, -0.15) is 0 Å². The summed E-state index contributed by atoms with van der Waals surface area (Å²) in [6, 6.07) is 0. The second kappa shape index (κ2) is 23.8. The van der Waals surface area contributed by atoms with Crippen molar-refractivity contribution in [3.8, 4) is 0 Å². The molecule has 0 aliphatic rings. The molecule has 0 rings (SSSR count). The molecule has 0 aromatic heterocycles. The highest BCUT2D eigenvalue weighted by molar-refractivity contribution is 4.41. The Morgan fingerprint density at radius 3 is 1.19 bits per heavy atom. The lowest BCUT2D eigenvalue weighted by atomic mass is 10.2. The van der Waals surface area contributed by atoms with Gasteiger partial charge in [0.2, 0.25) is 0 Å². The van der Waals surface area contributed by atoms with Crippen molar-refractivity contribution >= 4 is 0 Å². The van der Waals surface area contributed by atoms with Crippen LogP contribution in [-0.2, 0) is 28.4 Å². The van der Waals surface area contributed by atoms with E-state index in [4.69, 9.17) is 28.4 Å². The molecule has 7 heteroatoms. The summed E-state index contributed by atoms with van der Waals surface area (Å²) in [4.78, 5) is 2.09. The molecular weight excluding hydrogens is 350 g/mol. The van der Waals surface area contributed by atoms with E-state index in [9.17, 15) is 0 Å². The molecule has 0 saturated heterocycles. The zero-order valence-corrected chi connectivity index (χ0v) is 17.9. The Kier molecular flexibility index (Phi) is 23.5. The van der Waals surface area contributed by atoms with Crippen LogP contribution in [0.1, 0.15) is 32.6 Å². The van der Waals surface area contributed by atoms with Crippen LogP contribution in [0.4, 0.5) is 0 Å². The third kappa shape index (κ3) is 25.7. The van der Waals surface area contributed by atoms with Crippen LogP contribution < -0.4 is 0 Å². The van der Waals surface area contributed by atoms with Gasteiger partial charge in [-0.25, -0.2) is 0 Å². The van der Waals surface area contributed by atoms with E-state index in [1.165, 1.54) is 19.3 Å². The summed E-state index contributed by atoms with van der Waals surface area (Å²) in [5, 5.41) is 0. The number of rotatable bonds is 23. The Bertz CT molecular complexity index is 269. The van der Waals surface area contributed by atoms with Crippen molar-refractivity contribution in [3.05, 3.63) is 0 Å². The molecule has 164 valence electrons. The molecule has 27 heavy (non-hydrogen) atoms. The number of hydrogen-bond donors (Lipinski definition) is 0. The van der Waals surface area contributed by atoms with Crippen molar-refractivity contribution < 1.29 is 28.4 Å². The molecule has 0 amide bonds. The first-order chi connectivity index (χ1) is 13.3. The third-order valence-electron chi connectivity index (χ3n) is 3.69. The van der Waals surface area contributed by atoms with E-state index in [2.05, 4.69) is 11.8 Å². The monoisotopic (exact) mass is 393 g/mol. The molecule has 0 fully saturated rings. The normalized spacial score (nSPS) is 11.6. The highest BCUT2D eigenvalue weighted by atomic mass is 16.6. The summed E-state index contributed by atoms with van der Waals surface area (Å²) in [5.74, 6) is 0. The van der Waals surface area contributed by atoms with Crippen molar-refractivity contribution in [1.29, 1.82) is 0 Å². The van der Waals surface area contributed by atoms with Crippen LogP contribution in [0.25, 0.3) is 0 Å². The average molecular weight is 394 g/mol. The molecule has 0 bridgehead atoms. The van der Waals surface area contributed by atoms with Crippen molar-refractivity contribution in [1.82, 2.24) is 4.90 Å². The molecular formula is C20H43NO6. The lowest BCUT2D eigenvalue weighted by Crippen LogP contribution is -2.19. The first-order valence-corrected chi connectivity index (χ1v) is 10.4. The van der Waals surface area contributed by atoms with Crippen LogP contribution in [0.15, 0.2) is 0 Å². The Morgan fingerprint density at radius 2 is 0.815 bits per heavy atom. The van der Waals surface area contributed by atoms with Crippen LogP contribution in [0.5, 0.6) is 0 Å². The van der Waals surface area contributed by atoms with Crippen LogP contribution in [0.2, 0.25) is 0 Å². The molecule has 0 aromatic rings. The molecule has 0 heterocycles. The quantitative estimate of drug-likeness (QED) is 0.247. The lowest BCUT2D eigenvalue weighted by molar-refractivity contribution is -0.0172. The maximum Gasteiger partial charge on any atom is 0.0701 e. The highest BCUT2D eigenvalue weighted by Crippen LogP contribution is 1.98. The van der Waals surface area contributed by atoms with Crippen molar-refractivity contribution in [2.45, 2.75) is 32.6 Å². The summed E-state index contributed by atoms with van der Waals surface area (Å²) in [7, 11) is 4.06. The van der Waals surface area contributed by atoms with E-state index in [0.29, 0.717) is 66.1 Å². The average Bonchev–Trinajstić information content (AvgIpc) is 2.65. The second-order valence-electron chi connectivity index (χ2n) is 6.54. The molecule has 0 spiro atoms. The maximum absolute atomic E-state index is 5.50. The number of hydrogen-bond acceptors (Lipinski definition) is 7.